The van der Waals surface area contributed by atoms with E-state index in [1.807, 2.05) is 0 Å². The van der Waals surface area contributed by atoms with Crippen LogP contribution in [0.15, 0.2) is 12.4 Å². The molecule has 94 valence electrons. The molecule has 16 heavy (non-hydrogen) atoms. The van der Waals surface area contributed by atoms with E-state index in [0.29, 0.717) is 0 Å². The lowest BCUT2D eigenvalue weighted by Gasteiger charge is -2.14. The molecule has 0 unspecified atom stereocenters. The molecule has 0 aliphatic carbocycles. The van der Waals surface area contributed by atoms with Gasteiger partial charge in [-0.1, -0.05) is 0 Å². The van der Waals surface area contributed by atoms with E-state index in [2.05, 4.69) is 36.2 Å². The van der Waals surface area contributed by atoms with Gasteiger partial charge in [0.25, 0.3) is 0 Å². The predicted octanol–water partition coefficient (Wildman–Crippen LogP) is 2.51. The minimum absolute atomic E-state index is 1.05. The second kappa shape index (κ2) is 8.89. The van der Waals surface area contributed by atoms with E-state index in [-0.39, 0.29) is 0 Å². The number of nitriles is 1. The minimum atomic E-state index is -6.00. The van der Waals surface area contributed by atoms with Crippen LogP contribution in [0.1, 0.15) is 13.8 Å². The van der Waals surface area contributed by atoms with Crippen LogP contribution in [-0.4, -0.2) is 37.3 Å². The van der Waals surface area contributed by atoms with E-state index in [0.717, 1.165) is 13.2 Å². The lowest BCUT2D eigenvalue weighted by molar-refractivity contribution is 0.308. The summed E-state index contributed by atoms with van der Waals surface area (Å²) in [6.45, 7) is 5.75. The zero-order chi connectivity index (χ0) is 13.2. The fourth-order valence-electron chi connectivity index (χ4n) is 0.794. The van der Waals surface area contributed by atoms with Gasteiger partial charge in [0.1, 0.15) is 0 Å². The molecule has 0 saturated heterocycles. The molecule has 1 heterocycles. The third kappa shape index (κ3) is 18.4. The van der Waals surface area contributed by atoms with Gasteiger partial charge in [-0.05, 0) is 6.92 Å². The van der Waals surface area contributed by atoms with Crippen LogP contribution < -0.4 is 0 Å². The summed E-state index contributed by atoms with van der Waals surface area (Å²) in [4.78, 5) is 4.41. The van der Waals surface area contributed by atoms with Gasteiger partial charge in [-0.25, -0.2) is 0 Å². The first-order valence-corrected chi connectivity index (χ1v) is 4.55. The Morgan fingerprint density at radius 2 is 1.69 bits per heavy atom. The van der Waals surface area contributed by atoms with Crippen molar-refractivity contribution in [3.63, 3.8) is 0 Å². The van der Waals surface area contributed by atoms with Crippen molar-refractivity contribution in [2.45, 2.75) is 13.8 Å². The molecule has 0 bridgehead atoms. The second-order valence-corrected chi connectivity index (χ2v) is 2.82. The molecule has 1 aliphatic heterocycles. The van der Waals surface area contributed by atoms with Gasteiger partial charge in [0, 0.05) is 32.9 Å². The van der Waals surface area contributed by atoms with E-state index < -0.39 is 7.25 Å². The molecule has 0 aromatic heterocycles. The molecule has 0 aromatic carbocycles. The molecular weight excluding hydrogens is 225 g/mol. The Morgan fingerprint density at radius 1 is 1.31 bits per heavy atom. The molecule has 0 fully saturated rings. The summed E-state index contributed by atoms with van der Waals surface area (Å²) in [6.07, 6.45) is 4.20. The van der Waals surface area contributed by atoms with Gasteiger partial charge in [-0.3, -0.25) is 0 Å². The van der Waals surface area contributed by atoms with E-state index in [1.54, 1.807) is 6.07 Å². The van der Waals surface area contributed by atoms with E-state index in [9.17, 15) is 17.3 Å². The van der Waals surface area contributed by atoms with Crippen molar-refractivity contribution in [1.29, 1.82) is 5.26 Å². The van der Waals surface area contributed by atoms with Crippen molar-refractivity contribution in [1.82, 2.24) is 9.80 Å². The Morgan fingerprint density at radius 3 is 1.81 bits per heavy atom. The first-order chi connectivity index (χ1) is 7.24. The summed E-state index contributed by atoms with van der Waals surface area (Å²) in [5, 5.41) is 7.32. The number of nitrogens with zero attached hydrogens (tertiary/aromatic N) is 3. The fourth-order valence-corrected chi connectivity index (χ4v) is 0.794. The predicted molar refractivity (Wildman–Crippen MR) is 55.6 cm³/mol. The molecule has 0 amide bonds. The highest BCUT2D eigenvalue weighted by Crippen LogP contribution is 2.06. The second-order valence-electron chi connectivity index (χ2n) is 2.82. The van der Waals surface area contributed by atoms with Crippen molar-refractivity contribution in [2.24, 2.45) is 0 Å². The summed E-state index contributed by atoms with van der Waals surface area (Å²) in [5.74, 6) is 0. The average Bonchev–Trinajstić information content (AvgIpc) is 2.49. The number of rotatable bonds is 1. The van der Waals surface area contributed by atoms with Gasteiger partial charge < -0.3 is 27.1 Å². The molecular formula is C8H15BF4N3-. The van der Waals surface area contributed by atoms with Crippen molar-refractivity contribution in [2.75, 3.05) is 20.3 Å². The fraction of sp³-hybridized carbons (Fsp3) is 0.625. The maximum atomic E-state index is 9.75. The molecule has 3 nitrogen and oxygen atoms in total. The third-order valence-electron chi connectivity index (χ3n) is 1.34. The molecule has 0 radical (unpaired) electrons. The van der Waals surface area contributed by atoms with Crippen LogP contribution >= 0.6 is 0 Å². The average molecular weight is 240 g/mol. The van der Waals surface area contributed by atoms with Crippen LogP contribution in [0.25, 0.3) is 0 Å². The van der Waals surface area contributed by atoms with E-state index >= 15 is 0 Å². The summed E-state index contributed by atoms with van der Waals surface area (Å²) in [6, 6.07) is 1.75. The molecule has 0 spiro atoms. The molecule has 0 saturated carbocycles. The van der Waals surface area contributed by atoms with Crippen molar-refractivity contribution < 1.29 is 17.3 Å². The SMILES string of the molecule is CC#N.CCN1C=CN(C)C1.F[B-](F)(F)F. The Bertz CT molecular complexity index is 230. The lowest BCUT2D eigenvalue weighted by atomic mass is 10.3. The molecule has 0 N–H and O–H groups in total. The zero-order valence-corrected chi connectivity index (χ0v) is 9.50. The lowest BCUT2D eigenvalue weighted by Crippen LogP contribution is -2.21. The summed E-state index contributed by atoms with van der Waals surface area (Å²) < 4.78 is 39.0. The Balaban J connectivity index is 0. The first-order valence-electron chi connectivity index (χ1n) is 4.55. The highest BCUT2D eigenvalue weighted by atomic mass is 19.5. The van der Waals surface area contributed by atoms with Crippen molar-refractivity contribution in [3.05, 3.63) is 12.4 Å². The standard InChI is InChI=1S/C6H12N2.C2H3N.BF4/c1-3-8-5-4-7(2)6-8;1-2-3;2-1(3,4)5/h4-5H,3,6H2,1-2H3;1H3;/q;;-1. The molecule has 1 rings (SSSR count). The van der Waals surface area contributed by atoms with Crippen molar-refractivity contribution >= 4 is 7.25 Å². The maximum absolute atomic E-state index is 9.75. The van der Waals surface area contributed by atoms with Crippen LogP contribution in [-0.2, 0) is 0 Å². The zero-order valence-electron chi connectivity index (χ0n) is 9.50. The Hall–Kier alpha value is -1.39. The largest absolute Gasteiger partial charge is 0.673 e. The Labute approximate surface area is 93.0 Å². The first kappa shape index (κ1) is 17.0. The molecule has 0 atom stereocenters. The smallest absolute Gasteiger partial charge is 0.418 e. The van der Waals surface area contributed by atoms with Crippen LogP contribution in [0.5, 0.6) is 0 Å². The molecule has 1 aliphatic rings. The third-order valence-corrected chi connectivity index (χ3v) is 1.34. The normalized spacial score (nSPS) is 13.4. The van der Waals surface area contributed by atoms with Gasteiger partial charge in [-0.2, -0.15) is 5.26 Å². The number of halogens is 4. The van der Waals surface area contributed by atoms with Gasteiger partial charge in [0.15, 0.2) is 0 Å². The van der Waals surface area contributed by atoms with Crippen LogP contribution in [0.3, 0.4) is 0 Å². The van der Waals surface area contributed by atoms with Crippen LogP contribution in [0.4, 0.5) is 17.3 Å². The van der Waals surface area contributed by atoms with Gasteiger partial charge in [-0.15, -0.1) is 0 Å². The molecule has 0 aromatic rings. The topological polar surface area (TPSA) is 30.3 Å². The van der Waals surface area contributed by atoms with E-state index in [1.165, 1.54) is 6.92 Å². The van der Waals surface area contributed by atoms with Crippen molar-refractivity contribution in [3.8, 4) is 6.07 Å². The maximum Gasteiger partial charge on any atom is 0.673 e. The monoisotopic (exact) mass is 240 g/mol. The summed E-state index contributed by atoms with van der Waals surface area (Å²) >= 11 is 0. The van der Waals surface area contributed by atoms with E-state index in [4.69, 9.17) is 5.26 Å². The number of hydrogen-bond acceptors (Lipinski definition) is 3. The number of hydrogen-bond donors (Lipinski definition) is 0. The summed E-state index contributed by atoms with van der Waals surface area (Å²) in [7, 11) is -3.92. The van der Waals surface area contributed by atoms with Gasteiger partial charge in [0.2, 0.25) is 0 Å². The highest BCUT2D eigenvalue weighted by molar-refractivity contribution is 6.50. The quantitative estimate of drug-likeness (QED) is 0.521. The Kier molecular flexibility index (Phi) is 9.45. The highest BCUT2D eigenvalue weighted by Gasteiger charge is 2.20. The van der Waals surface area contributed by atoms with Gasteiger partial charge >= 0.3 is 7.25 Å². The van der Waals surface area contributed by atoms with Crippen LogP contribution in [0.2, 0.25) is 0 Å². The minimum Gasteiger partial charge on any atom is -0.418 e. The van der Waals surface area contributed by atoms with Crippen LogP contribution in [0, 0.1) is 11.3 Å². The molecule has 8 heteroatoms. The van der Waals surface area contributed by atoms with Gasteiger partial charge in [0.05, 0.1) is 12.7 Å². The summed E-state index contributed by atoms with van der Waals surface area (Å²) in [5.41, 5.74) is 0.